The molecule has 0 aliphatic heterocycles. The summed E-state index contributed by atoms with van der Waals surface area (Å²) in [6, 6.07) is 11.3. The monoisotopic (exact) mass is 305 g/mol. The molecule has 4 unspecified atom stereocenters. The molecule has 2 saturated carbocycles. The number of benzene rings is 1. The number of nitrogens with two attached hydrogens (primary N) is 1. The van der Waals surface area contributed by atoms with Gasteiger partial charge in [-0.05, 0) is 60.3 Å². The van der Waals surface area contributed by atoms with Crippen molar-refractivity contribution in [3.05, 3.63) is 35.9 Å². The molecule has 2 bridgehead atoms. The van der Waals surface area contributed by atoms with E-state index in [9.17, 15) is 0 Å². The van der Waals surface area contributed by atoms with Gasteiger partial charge < -0.3 is 5.73 Å². The summed E-state index contributed by atoms with van der Waals surface area (Å²) in [5, 5.41) is 0. The van der Waals surface area contributed by atoms with Crippen molar-refractivity contribution in [2.75, 3.05) is 11.6 Å². The second-order valence-electron chi connectivity index (χ2n) is 7.54. The maximum atomic E-state index is 5.78. The predicted molar refractivity (Wildman–Crippen MR) is 95.6 cm³/mol. The highest BCUT2D eigenvalue weighted by atomic mass is 32.2. The van der Waals surface area contributed by atoms with Crippen molar-refractivity contribution in [1.82, 2.24) is 0 Å². The molecule has 0 spiro atoms. The molecule has 2 N–H and O–H groups in total. The molecule has 1 aromatic rings. The standard InChI is InChI=1S/C19H29NS.H2/c1-3-19(17-7-5-4-6-8-17)11-16-10-18(12-19,9-15(16)2)13-21-14-20;/h4-8,15-16H,3,9-14,20H2,1-2H3;1H. The van der Waals surface area contributed by atoms with Crippen LogP contribution in [0.15, 0.2) is 30.3 Å². The van der Waals surface area contributed by atoms with Crippen LogP contribution < -0.4 is 5.73 Å². The Morgan fingerprint density at radius 1 is 1.24 bits per heavy atom. The summed E-state index contributed by atoms with van der Waals surface area (Å²) in [5.74, 6) is 3.84. The molecular formula is C19H31NS. The first kappa shape index (κ1) is 15.4. The van der Waals surface area contributed by atoms with Crippen LogP contribution in [0.4, 0.5) is 0 Å². The Kier molecular flexibility index (Phi) is 4.38. The first-order chi connectivity index (χ1) is 10.1. The smallest absolute Gasteiger partial charge is 0.0392 e. The quantitative estimate of drug-likeness (QED) is 0.770. The van der Waals surface area contributed by atoms with Gasteiger partial charge in [-0.25, -0.2) is 0 Å². The highest BCUT2D eigenvalue weighted by Crippen LogP contribution is 2.62. The normalized spacial score (nSPS) is 38.6. The lowest BCUT2D eigenvalue weighted by Crippen LogP contribution is -2.40. The summed E-state index contributed by atoms with van der Waals surface area (Å²) < 4.78 is 0. The van der Waals surface area contributed by atoms with Gasteiger partial charge >= 0.3 is 0 Å². The Labute approximate surface area is 135 Å². The summed E-state index contributed by atoms with van der Waals surface area (Å²) >= 11 is 1.95. The number of rotatable bonds is 5. The Morgan fingerprint density at radius 2 is 2.00 bits per heavy atom. The zero-order chi connectivity index (χ0) is 14.9. The molecule has 0 amide bonds. The lowest BCUT2D eigenvalue weighted by atomic mass is 9.59. The molecule has 2 aliphatic rings. The minimum Gasteiger partial charge on any atom is -0.322 e. The summed E-state index contributed by atoms with van der Waals surface area (Å²) in [4.78, 5) is 0. The number of hydrogen-bond donors (Lipinski definition) is 1. The number of fused-ring (bicyclic) bond motifs is 2. The van der Waals surface area contributed by atoms with Gasteiger partial charge in [0.2, 0.25) is 0 Å². The van der Waals surface area contributed by atoms with Crippen LogP contribution in [0.5, 0.6) is 0 Å². The fourth-order valence-electron chi connectivity index (χ4n) is 5.33. The molecule has 1 nitrogen and oxygen atoms in total. The zero-order valence-corrected chi connectivity index (χ0v) is 14.3. The first-order valence-corrected chi connectivity index (χ1v) is 9.62. The zero-order valence-electron chi connectivity index (χ0n) is 13.5. The second kappa shape index (κ2) is 5.96. The van der Waals surface area contributed by atoms with Crippen molar-refractivity contribution in [2.24, 2.45) is 23.0 Å². The summed E-state index contributed by atoms with van der Waals surface area (Å²) in [6.07, 6.45) is 6.89. The third-order valence-electron chi connectivity index (χ3n) is 6.21. The third kappa shape index (κ3) is 2.77. The summed E-state index contributed by atoms with van der Waals surface area (Å²) in [6.45, 7) is 4.88. The maximum absolute atomic E-state index is 5.78. The van der Waals surface area contributed by atoms with Gasteiger partial charge in [-0.1, -0.05) is 44.2 Å². The predicted octanol–water partition coefficient (Wildman–Crippen LogP) is 5.06. The van der Waals surface area contributed by atoms with Crippen molar-refractivity contribution in [3.8, 4) is 0 Å². The molecule has 0 radical (unpaired) electrons. The van der Waals surface area contributed by atoms with Crippen LogP contribution in [0, 0.1) is 17.3 Å². The van der Waals surface area contributed by atoms with E-state index in [2.05, 4.69) is 44.2 Å². The molecule has 3 rings (SSSR count). The van der Waals surface area contributed by atoms with E-state index < -0.39 is 0 Å². The molecule has 0 saturated heterocycles. The van der Waals surface area contributed by atoms with Crippen molar-refractivity contribution >= 4 is 11.8 Å². The van der Waals surface area contributed by atoms with Crippen molar-refractivity contribution < 1.29 is 1.43 Å². The average Bonchev–Trinajstić information content (AvgIpc) is 2.76. The van der Waals surface area contributed by atoms with Crippen molar-refractivity contribution in [2.45, 2.75) is 51.4 Å². The van der Waals surface area contributed by atoms with Crippen molar-refractivity contribution in [1.29, 1.82) is 0 Å². The van der Waals surface area contributed by atoms with E-state index in [0.717, 1.165) is 17.7 Å². The van der Waals surface area contributed by atoms with E-state index in [0.29, 0.717) is 10.8 Å². The molecule has 4 atom stereocenters. The number of thioether (sulfide) groups is 1. The Bertz CT molecular complexity index is 476. The van der Waals surface area contributed by atoms with Crippen molar-refractivity contribution in [3.63, 3.8) is 0 Å². The van der Waals surface area contributed by atoms with E-state index in [1.165, 1.54) is 37.9 Å². The van der Waals surface area contributed by atoms with Crippen LogP contribution in [0.2, 0.25) is 0 Å². The molecule has 1 aromatic carbocycles. The molecule has 2 heteroatoms. The molecule has 2 fully saturated rings. The summed E-state index contributed by atoms with van der Waals surface area (Å²) in [7, 11) is 0. The van der Waals surface area contributed by atoms with E-state index in [4.69, 9.17) is 5.73 Å². The molecule has 21 heavy (non-hydrogen) atoms. The minimum absolute atomic E-state index is 0. The van der Waals surface area contributed by atoms with Crippen LogP contribution in [-0.2, 0) is 5.41 Å². The van der Waals surface area contributed by atoms with Gasteiger partial charge in [0.05, 0.1) is 0 Å². The lowest BCUT2D eigenvalue weighted by Gasteiger charge is -2.47. The van der Waals surface area contributed by atoms with Crippen LogP contribution in [0.3, 0.4) is 0 Å². The Hall–Kier alpha value is -0.470. The highest BCUT2D eigenvalue weighted by Gasteiger charge is 2.54. The first-order valence-electron chi connectivity index (χ1n) is 8.46. The van der Waals surface area contributed by atoms with Crippen LogP contribution in [0.1, 0.15) is 52.9 Å². The van der Waals surface area contributed by atoms with E-state index in [1.807, 2.05) is 11.8 Å². The average molecular weight is 306 g/mol. The maximum Gasteiger partial charge on any atom is 0.0392 e. The summed E-state index contributed by atoms with van der Waals surface area (Å²) in [5.41, 5.74) is 8.31. The Morgan fingerprint density at radius 3 is 2.67 bits per heavy atom. The topological polar surface area (TPSA) is 26.0 Å². The SMILES string of the molecule is CCC1(c2ccccc2)CC2CC(CSCN)(CC2C)C1.[HH]. The largest absolute Gasteiger partial charge is 0.322 e. The van der Waals surface area contributed by atoms with Gasteiger partial charge in [0.25, 0.3) is 0 Å². The van der Waals surface area contributed by atoms with Gasteiger partial charge in [0.15, 0.2) is 0 Å². The van der Waals surface area contributed by atoms with E-state index in [1.54, 1.807) is 5.56 Å². The van der Waals surface area contributed by atoms with E-state index >= 15 is 0 Å². The van der Waals surface area contributed by atoms with E-state index in [-0.39, 0.29) is 1.43 Å². The fraction of sp³-hybridized carbons (Fsp3) is 0.684. The van der Waals surface area contributed by atoms with Gasteiger partial charge in [0.1, 0.15) is 0 Å². The lowest BCUT2D eigenvalue weighted by molar-refractivity contribution is 0.136. The van der Waals surface area contributed by atoms with Crippen LogP contribution in [-0.4, -0.2) is 11.6 Å². The minimum atomic E-state index is 0. The molecule has 2 aliphatic carbocycles. The van der Waals surface area contributed by atoms with Gasteiger partial charge in [0, 0.05) is 13.1 Å². The van der Waals surface area contributed by atoms with Gasteiger partial charge in [-0.2, -0.15) is 0 Å². The van der Waals surface area contributed by atoms with Crippen LogP contribution >= 0.6 is 11.8 Å². The molecular weight excluding hydrogens is 274 g/mol. The third-order valence-corrected chi connectivity index (χ3v) is 7.26. The number of hydrogen-bond acceptors (Lipinski definition) is 2. The second-order valence-corrected chi connectivity index (χ2v) is 8.57. The Balaban J connectivity index is 0.00000176. The highest BCUT2D eigenvalue weighted by molar-refractivity contribution is 7.99. The van der Waals surface area contributed by atoms with Gasteiger partial charge in [-0.15, -0.1) is 11.8 Å². The molecule has 0 aromatic heterocycles. The van der Waals surface area contributed by atoms with Crippen LogP contribution in [0.25, 0.3) is 0 Å². The fourth-order valence-corrected chi connectivity index (χ4v) is 6.22. The molecule has 0 heterocycles. The van der Waals surface area contributed by atoms with Gasteiger partial charge in [-0.3, -0.25) is 0 Å². The molecule has 118 valence electrons.